The molecule has 2 rings (SSSR count). The minimum absolute atomic E-state index is 0.0776. The van der Waals surface area contributed by atoms with Crippen LogP contribution in [0.1, 0.15) is 15.9 Å². The van der Waals surface area contributed by atoms with Crippen LogP contribution in [0.4, 0.5) is 5.69 Å². The molecule has 0 aromatic heterocycles. The average molecular weight is 431 g/mol. The number of nitrogens with one attached hydrogen (secondary N) is 1. The van der Waals surface area contributed by atoms with Crippen molar-refractivity contribution >= 4 is 45.5 Å². The van der Waals surface area contributed by atoms with Gasteiger partial charge in [-0.2, -0.15) is 0 Å². The molecular formula is C20H19BrN2O4. The predicted molar refractivity (Wildman–Crippen MR) is 107 cm³/mol. The van der Waals surface area contributed by atoms with Crippen molar-refractivity contribution < 1.29 is 19.1 Å². The molecule has 140 valence electrons. The van der Waals surface area contributed by atoms with E-state index in [1.54, 1.807) is 43.5 Å². The van der Waals surface area contributed by atoms with E-state index in [4.69, 9.17) is 0 Å². The number of halogens is 1. The number of ether oxygens (including phenoxy) is 1. The van der Waals surface area contributed by atoms with Crippen LogP contribution in [0, 0.1) is 0 Å². The Bertz CT molecular complexity index is 863. The first-order valence-electron chi connectivity index (χ1n) is 8.06. The van der Waals surface area contributed by atoms with Crippen molar-refractivity contribution in [3.8, 4) is 0 Å². The number of likely N-dealkylation sites (N-methyl/N-ethyl adjacent to an activating group) is 1. The number of carbonyl (C=O) groups excluding carboxylic acids is 3. The van der Waals surface area contributed by atoms with Gasteiger partial charge >= 0.3 is 5.97 Å². The summed E-state index contributed by atoms with van der Waals surface area (Å²) in [6, 6.07) is 13.9. The van der Waals surface area contributed by atoms with E-state index in [-0.39, 0.29) is 18.4 Å². The summed E-state index contributed by atoms with van der Waals surface area (Å²) < 4.78 is 5.40. The maximum absolute atomic E-state index is 12.2. The molecule has 0 aliphatic rings. The van der Waals surface area contributed by atoms with Gasteiger partial charge in [-0.1, -0.05) is 24.3 Å². The lowest BCUT2D eigenvalue weighted by atomic mass is 10.1. The van der Waals surface area contributed by atoms with Gasteiger partial charge in [-0.25, -0.2) is 4.79 Å². The Morgan fingerprint density at radius 2 is 1.78 bits per heavy atom. The van der Waals surface area contributed by atoms with Crippen LogP contribution >= 0.6 is 15.9 Å². The minimum atomic E-state index is -0.419. The first-order valence-corrected chi connectivity index (χ1v) is 8.86. The van der Waals surface area contributed by atoms with Crippen LogP contribution < -0.4 is 5.32 Å². The largest absolute Gasteiger partial charge is 0.465 e. The Morgan fingerprint density at radius 3 is 2.41 bits per heavy atom. The first-order chi connectivity index (χ1) is 12.9. The number of rotatable bonds is 6. The second kappa shape index (κ2) is 9.68. The number of carbonyl (C=O) groups is 3. The smallest absolute Gasteiger partial charge is 0.337 e. The maximum atomic E-state index is 12.2. The molecule has 2 aromatic carbocycles. The van der Waals surface area contributed by atoms with E-state index in [0.29, 0.717) is 11.3 Å². The van der Waals surface area contributed by atoms with Crippen LogP contribution in [0.25, 0.3) is 6.08 Å². The molecule has 1 N–H and O–H groups in total. The summed E-state index contributed by atoms with van der Waals surface area (Å²) in [4.78, 5) is 37.0. The van der Waals surface area contributed by atoms with Crippen molar-refractivity contribution in [1.82, 2.24) is 4.90 Å². The van der Waals surface area contributed by atoms with Crippen LogP contribution in [0.15, 0.2) is 59.1 Å². The fraction of sp³-hybridized carbons (Fsp3) is 0.150. The Hall–Kier alpha value is -2.93. The van der Waals surface area contributed by atoms with Gasteiger partial charge in [0, 0.05) is 17.6 Å². The van der Waals surface area contributed by atoms with E-state index >= 15 is 0 Å². The van der Waals surface area contributed by atoms with Crippen LogP contribution in [0.3, 0.4) is 0 Å². The first kappa shape index (κ1) is 20.4. The molecule has 0 unspecified atom stereocenters. The monoisotopic (exact) mass is 430 g/mol. The van der Waals surface area contributed by atoms with E-state index in [9.17, 15) is 14.4 Å². The third-order valence-electron chi connectivity index (χ3n) is 3.66. The highest BCUT2D eigenvalue weighted by Crippen LogP contribution is 2.20. The zero-order valence-electron chi connectivity index (χ0n) is 14.9. The van der Waals surface area contributed by atoms with Gasteiger partial charge in [-0.05, 0) is 51.8 Å². The van der Waals surface area contributed by atoms with Crippen molar-refractivity contribution in [1.29, 1.82) is 0 Å². The molecule has 2 amide bonds. The summed E-state index contributed by atoms with van der Waals surface area (Å²) in [5, 5.41) is 2.74. The van der Waals surface area contributed by atoms with Crippen LogP contribution in [0.2, 0.25) is 0 Å². The standard InChI is InChI=1S/C20H19BrN2O4/c1-23(13-18(24)22-17-6-4-3-5-16(17)21)19(25)12-9-14-7-10-15(11-8-14)20(26)27-2/h3-12H,13H2,1-2H3,(H,22,24)/b12-9+. The van der Waals surface area contributed by atoms with Gasteiger partial charge < -0.3 is 15.0 Å². The number of methoxy groups -OCH3 is 1. The molecule has 0 aliphatic carbocycles. The Labute approximate surface area is 165 Å². The topological polar surface area (TPSA) is 75.7 Å². The number of hydrogen-bond donors (Lipinski definition) is 1. The van der Waals surface area contributed by atoms with Crippen molar-refractivity contribution in [2.75, 3.05) is 26.0 Å². The zero-order chi connectivity index (χ0) is 19.8. The van der Waals surface area contributed by atoms with E-state index < -0.39 is 5.97 Å². The van der Waals surface area contributed by atoms with Crippen LogP contribution in [0.5, 0.6) is 0 Å². The molecule has 0 heterocycles. The third-order valence-corrected chi connectivity index (χ3v) is 4.35. The average Bonchev–Trinajstić information content (AvgIpc) is 2.67. The number of anilines is 1. The molecule has 0 aliphatic heterocycles. The number of hydrogen-bond acceptors (Lipinski definition) is 4. The lowest BCUT2D eigenvalue weighted by molar-refractivity contribution is -0.129. The summed E-state index contributed by atoms with van der Waals surface area (Å²) in [5.41, 5.74) is 1.83. The fourth-order valence-electron chi connectivity index (χ4n) is 2.19. The molecule has 2 aromatic rings. The number of esters is 1. The van der Waals surface area contributed by atoms with Crippen LogP contribution in [-0.2, 0) is 14.3 Å². The predicted octanol–water partition coefficient (Wildman–Crippen LogP) is 3.35. The highest BCUT2D eigenvalue weighted by Gasteiger charge is 2.12. The molecule has 6 nitrogen and oxygen atoms in total. The number of para-hydroxylation sites is 1. The van der Waals surface area contributed by atoms with Gasteiger partial charge in [0.15, 0.2) is 0 Å². The third kappa shape index (κ3) is 6.07. The van der Waals surface area contributed by atoms with Gasteiger partial charge in [-0.15, -0.1) is 0 Å². The quantitative estimate of drug-likeness (QED) is 0.563. The number of benzene rings is 2. The van der Waals surface area contributed by atoms with E-state index in [1.165, 1.54) is 18.1 Å². The van der Waals surface area contributed by atoms with Gasteiger partial charge in [0.05, 0.1) is 24.9 Å². The summed E-state index contributed by atoms with van der Waals surface area (Å²) in [6.07, 6.45) is 2.99. The molecule has 0 fully saturated rings. The highest BCUT2D eigenvalue weighted by molar-refractivity contribution is 9.10. The number of amides is 2. The SMILES string of the molecule is COC(=O)c1ccc(/C=C/C(=O)N(C)CC(=O)Nc2ccccc2Br)cc1. The molecule has 0 saturated carbocycles. The van der Waals surface area contributed by atoms with Gasteiger partial charge in [-0.3, -0.25) is 9.59 Å². The minimum Gasteiger partial charge on any atom is -0.465 e. The van der Waals surface area contributed by atoms with E-state index in [0.717, 1.165) is 10.0 Å². The lowest BCUT2D eigenvalue weighted by Crippen LogP contribution is -2.33. The van der Waals surface area contributed by atoms with Crippen molar-refractivity contribution in [3.05, 3.63) is 70.2 Å². The lowest BCUT2D eigenvalue weighted by Gasteiger charge is -2.15. The second-order valence-corrected chi connectivity index (χ2v) is 6.52. The number of nitrogens with zero attached hydrogens (tertiary/aromatic N) is 1. The molecule has 0 bridgehead atoms. The van der Waals surface area contributed by atoms with E-state index in [2.05, 4.69) is 26.0 Å². The Kier molecular flexibility index (Phi) is 7.31. The fourth-order valence-corrected chi connectivity index (χ4v) is 2.57. The molecule has 7 heteroatoms. The normalized spacial score (nSPS) is 10.5. The van der Waals surface area contributed by atoms with Gasteiger partial charge in [0.25, 0.3) is 0 Å². The molecule has 0 saturated heterocycles. The maximum Gasteiger partial charge on any atom is 0.337 e. The van der Waals surface area contributed by atoms with Crippen molar-refractivity contribution in [2.45, 2.75) is 0 Å². The van der Waals surface area contributed by atoms with E-state index in [1.807, 2.05) is 18.2 Å². The molecular weight excluding hydrogens is 412 g/mol. The highest BCUT2D eigenvalue weighted by atomic mass is 79.9. The molecule has 27 heavy (non-hydrogen) atoms. The summed E-state index contributed by atoms with van der Waals surface area (Å²) >= 11 is 3.35. The summed E-state index contributed by atoms with van der Waals surface area (Å²) in [6.45, 7) is -0.0776. The van der Waals surface area contributed by atoms with Crippen molar-refractivity contribution in [2.24, 2.45) is 0 Å². The van der Waals surface area contributed by atoms with Gasteiger partial charge in [0.2, 0.25) is 11.8 Å². The zero-order valence-corrected chi connectivity index (χ0v) is 16.5. The van der Waals surface area contributed by atoms with Crippen molar-refractivity contribution in [3.63, 3.8) is 0 Å². The molecule has 0 spiro atoms. The Balaban J connectivity index is 1.91. The Morgan fingerprint density at radius 1 is 1.11 bits per heavy atom. The second-order valence-electron chi connectivity index (χ2n) is 5.67. The van der Waals surface area contributed by atoms with Gasteiger partial charge in [0.1, 0.15) is 0 Å². The summed E-state index contributed by atoms with van der Waals surface area (Å²) in [7, 11) is 2.87. The molecule has 0 atom stereocenters. The van der Waals surface area contributed by atoms with Crippen LogP contribution in [-0.4, -0.2) is 43.4 Å². The summed E-state index contributed by atoms with van der Waals surface area (Å²) in [5.74, 6) is -1.03. The molecule has 0 radical (unpaired) electrons.